The lowest BCUT2D eigenvalue weighted by Crippen LogP contribution is -2.38. The average molecular weight is 413 g/mol. The Morgan fingerprint density at radius 2 is 1.83 bits per heavy atom. The molecular formula is C22H24N2O4S. The number of benzene rings is 3. The normalized spacial score (nSPS) is 16.3. The third-order valence-corrected chi connectivity index (χ3v) is 6.67. The van der Waals surface area contributed by atoms with Crippen molar-refractivity contribution >= 4 is 26.5 Å². The van der Waals surface area contributed by atoms with Crippen LogP contribution in [0.3, 0.4) is 0 Å². The lowest BCUT2D eigenvalue weighted by atomic mass is 10.00. The number of ether oxygens (including phenoxy) is 2. The number of nitrogens with one attached hydrogen (secondary N) is 1. The fraction of sp³-hybridized carbons (Fsp3) is 0.273. The zero-order chi connectivity index (χ0) is 20.6. The van der Waals surface area contributed by atoms with Gasteiger partial charge >= 0.3 is 0 Å². The maximum atomic E-state index is 13.1. The summed E-state index contributed by atoms with van der Waals surface area (Å²) in [6.45, 7) is 0.484. The van der Waals surface area contributed by atoms with Gasteiger partial charge in [0, 0.05) is 11.6 Å². The number of fused-ring (bicyclic) bond motifs is 2. The van der Waals surface area contributed by atoms with Crippen molar-refractivity contribution in [1.29, 1.82) is 0 Å². The maximum Gasteiger partial charge on any atom is 0.262 e. The molecule has 1 aliphatic heterocycles. The van der Waals surface area contributed by atoms with Crippen LogP contribution in [0.15, 0.2) is 59.5 Å². The van der Waals surface area contributed by atoms with Crippen LogP contribution in [0.2, 0.25) is 0 Å². The average Bonchev–Trinajstić information content (AvgIpc) is 2.73. The highest BCUT2D eigenvalue weighted by molar-refractivity contribution is 7.92. The third kappa shape index (κ3) is 3.75. The summed E-state index contributed by atoms with van der Waals surface area (Å²) in [6, 6.07) is 16.4. The van der Waals surface area contributed by atoms with Gasteiger partial charge < -0.3 is 14.4 Å². The molecule has 0 bridgehead atoms. The molecule has 1 aliphatic rings. The highest BCUT2D eigenvalue weighted by atomic mass is 32.2. The summed E-state index contributed by atoms with van der Waals surface area (Å²) in [5.74, 6) is 1.23. The van der Waals surface area contributed by atoms with Gasteiger partial charge in [-0.25, -0.2) is 8.42 Å². The number of likely N-dealkylation sites (N-methyl/N-ethyl adjacent to an activating group) is 1. The van der Waals surface area contributed by atoms with E-state index in [-0.39, 0.29) is 10.9 Å². The Morgan fingerprint density at radius 3 is 2.55 bits per heavy atom. The first kappa shape index (κ1) is 19.5. The van der Waals surface area contributed by atoms with E-state index in [1.54, 1.807) is 31.4 Å². The smallest absolute Gasteiger partial charge is 0.262 e. The molecule has 3 aromatic rings. The van der Waals surface area contributed by atoms with Crippen molar-refractivity contribution < 1.29 is 17.9 Å². The molecule has 0 saturated heterocycles. The molecular weight excluding hydrogens is 388 g/mol. The number of sulfonamides is 1. The Morgan fingerprint density at radius 1 is 1.07 bits per heavy atom. The minimum atomic E-state index is -3.77. The SMILES string of the molecule is COc1ccc(NS(=O)(=O)c2ccc3ccccc3c2)c2c1C[C@@H](N(C)C)CO2. The predicted octanol–water partition coefficient (Wildman–Crippen LogP) is 3.51. The molecule has 152 valence electrons. The molecule has 0 unspecified atom stereocenters. The number of rotatable bonds is 5. The quantitative estimate of drug-likeness (QED) is 0.695. The summed E-state index contributed by atoms with van der Waals surface area (Å²) in [7, 11) is 1.83. The van der Waals surface area contributed by atoms with E-state index in [9.17, 15) is 8.42 Å². The Labute approximate surface area is 171 Å². The molecule has 4 rings (SSSR count). The number of hydrogen-bond donors (Lipinski definition) is 1. The molecule has 0 amide bonds. The monoisotopic (exact) mass is 412 g/mol. The van der Waals surface area contributed by atoms with E-state index in [4.69, 9.17) is 9.47 Å². The Kier molecular flexibility index (Phi) is 5.10. The second kappa shape index (κ2) is 7.57. The minimum absolute atomic E-state index is 0.198. The lowest BCUT2D eigenvalue weighted by Gasteiger charge is -2.32. The molecule has 1 atom stereocenters. The number of anilines is 1. The van der Waals surface area contributed by atoms with Crippen molar-refractivity contribution in [2.75, 3.05) is 32.5 Å². The Bertz CT molecular complexity index is 1160. The highest BCUT2D eigenvalue weighted by Gasteiger charge is 2.28. The van der Waals surface area contributed by atoms with Crippen LogP contribution in [0.4, 0.5) is 5.69 Å². The second-order valence-electron chi connectivity index (χ2n) is 7.37. The molecule has 3 aromatic carbocycles. The van der Waals surface area contributed by atoms with Crippen LogP contribution in [0.1, 0.15) is 5.56 Å². The molecule has 0 radical (unpaired) electrons. The zero-order valence-electron chi connectivity index (χ0n) is 16.7. The molecule has 0 fully saturated rings. The molecule has 0 saturated carbocycles. The molecule has 0 aliphatic carbocycles. The van der Waals surface area contributed by atoms with Crippen LogP contribution >= 0.6 is 0 Å². The summed E-state index contributed by atoms with van der Waals surface area (Å²) < 4.78 is 40.3. The molecule has 0 spiro atoms. The van der Waals surface area contributed by atoms with Gasteiger partial charge in [0.05, 0.1) is 17.7 Å². The molecule has 7 heteroatoms. The molecule has 1 heterocycles. The summed E-state index contributed by atoms with van der Waals surface area (Å²) >= 11 is 0. The number of methoxy groups -OCH3 is 1. The van der Waals surface area contributed by atoms with Gasteiger partial charge in [-0.05, 0) is 55.6 Å². The van der Waals surface area contributed by atoms with Crippen molar-refractivity contribution in [3.05, 3.63) is 60.2 Å². The van der Waals surface area contributed by atoms with Gasteiger partial charge in [-0.15, -0.1) is 0 Å². The van der Waals surface area contributed by atoms with E-state index < -0.39 is 10.0 Å². The molecule has 1 N–H and O–H groups in total. The number of nitrogens with zero attached hydrogens (tertiary/aromatic N) is 1. The van der Waals surface area contributed by atoms with Crippen molar-refractivity contribution in [3.8, 4) is 11.5 Å². The van der Waals surface area contributed by atoms with E-state index in [1.165, 1.54) is 0 Å². The van der Waals surface area contributed by atoms with Crippen molar-refractivity contribution in [3.63, 3.8) is 0 Å². The van der Waals surface area contributed by atoms with Gasteiger partial charge in [-0.3, -0.25) is 4.72 Å². The first-order chi connectivity index (χ1) is 13.9. The molecule has 0 aromatic heterocycles. The Hall–Kier alpha value is -2.77. The summed E-state index contributed by atoms with van der Waals surface area (Å²) in [6.07, 6.45) is 0.719. The topological polar surface area (TPSA) is 67.9 Å². The molecule has 29 heavy (non-hydrogen) atoms. The first-order valence-electron chi connectivity index (χ1n) is 9.40. The van der Waals surface area contributed by atoms with E-state index in [2.05, 4.69) is 9.62 Å². The standard InChI is InChI=1S/C22H24N2O4S/c1-24(2)17-13-19-21(27-3)11-10-20(22(19)28-14-17)23-29(25,26)18-9-8-15-6-4-5-7-16(15)12-18/h4-12,17,23H,13-14H2,1-3H3/t17-/m1/s1. The van der Waals surface area contributed by atoms with Crippen LogP contribution in [0.5, 0.6) is 11.5 Å². The van der Waals surface area contributed by atoms with E-state index in [1.807, 2.05) is 44.4 Å². The van der Waals surface area contributed by atoms with Crippen LogP contribution < -0.4 is 14.2 Å². The minimum Gasteiger partial charge on any atom is -0.496 e. The fourth-order valence-corrected chi connectivity index (χ4v) is 4.68. The third-order valence-electron chi connectivity index (χ3n) is 5.30. The first-order valence-corrected chi connectivity index (χ1v) is 10.9. The van der Waals surface area contributed by atoms with E-state index >= 15 is 0 Å². The second-order valence-corrected chi connectivity index (χ2v) is 9.05. The van der Waals surface area contributed by atoms with Gasteiger partial charge in [0.15, 0.2) is 0 Å². The zero-order valence-corrected chi connectivity index (χ0v) is 17.5. The van der Waals surface area contributed by atoms with Crippen LogP contribution in [0, 0.1) is 0 Å². The number of hydrogen-bond acceptors (Lipinski definition) is 5. The summed E-state index contributed by atoms with van der Waals surface area (Å²) in [5.41, 5.74) is 1.29. The van der Waals surface area contributed by atoms with Crippen LogP contribution in [0.25, 0.3) is 10.8 Å². The summed E-state index contributed by atoms with van der Waals surface area (Å²) in [5, 5.41) is 1.86. The summed E-state index contributed by atoms with van der Waals surface area (Å²) in [4.78, 5) is 2.30. The van der Waals surface area contributed by atoms with Crippen molar-refractivity contribution in [2.45, 2.75) is 17.4 Å². The van der Waals surface area contributed by atoms with Crippen molar-refractivity contribution in [2.24, 2.45) is 0 Å². The highest BCUT2D eigenvalue weighted by Crippen LogP contribution is 2.40. The van der Waals surface area contributed by atoms with Gasteiger partial charge in [-0.1, -0.05) is 30.3 Å². The van der Waals surface area contributed by atoms with Gasteiger partial charge in [0.1, 0.15) is 18.1 Å². The van der Waals surface area contributed by atoms with Gasteiger partial charge in [0.25, 0.3) is 10.0 Å². The lowest BCUT2D eigenvalue weighted by molar-refractivity contribution is 0.164. The van der Waals surface area contributed by atoms with Crippen LogP contribution in [-0.2, 0) is 16.4 Å². The van der Waals surface area contributed by atoms with Crippen LogP contribution in [-0.4, -0.2) is 47.2 Å². The van der Waals surface area contributed by atoms with Gasteiger partial charge in [-0.2, -0.15) is 0 Å². The largest absolute Gasteiger partial charge is 0.496 e. The Balaban J connectivity index is 1.71. The van der Waals surface area contributed by atoms with E-state index in [0.29, 0.717) is 23.8 Å². The molecule has 6 nitrogen and oxygen atoms in total. The maximum absolute atomic E-state index is 13.1. The van der Waals surface area contributed by atoms with Gasteiger partial charge in [0.2, 0.25) is 0 Å². The van der Waals surface area contributed by atoms with E-state index in [0.717, 1.165) is 22.8 Å². The fourth-order valence-electron chi connectivity index (χ4n) is 3.58. The predicted molar refractivity (Wildman–Crippen MR) is 114 cm³/mol. The van der Waals surface area contributed by atoms with Crippen molar-refractivity contribution in [1.82, 2.24) is 4.90 Å².